The van der Waals surface area contributed by atoms with E-state index in [4.69, 9.17) is 0 Å². The number of H-pyrrole nitrogens is 1. The maximum atomic E-state index is 11.8. The van der Waals surface area contributed by atoms with Crippen LogP contribution < -0.4 is 10.3 Å². The van der Waals surface area contributed by atoms with Crippen molar-refractivity contribution in [3.8, 4) is 0 Å². The SMILES string of the molecule is O=c1ccc(S(=O)(=O)Nc2ccsc2)c[nH]1. The maximum Gasteiger partial charge on any atom is 0.263 e. The van der Waals surface area contributed by atoms with Gasteiger partial charge in [0.25, 0.3) is 10.0 Å². The van der Waals surface area contributed by atoms with Crippen LogP contribution in [0.4, 0.5) is 5.69 Å². The minimum Gasteiger partial charge on any atom is -0.328 e. The summed E-state index contributed by atoms with van der Waals surface area (Å²) < 4.78 is 26.0. The predicted octanol–water partition coefficient (Wildman–Crippen LogP) is 1.24. The lowest BCUT2D eigenvalue weighted by Gasteiger charge is -2.04. The van der Waals surface area contributed by atoms with Crippen LogP contribution in [-0.2, 0) is 10.0 Å². The summed E-state index contributed by atoms with van der Waals surface area (Å²) in [6, 6.07) is 4.09. The number of thiophene rings is 1. The fraction of sp³-hybridized carbons (Fsp3) is 0. The molecule has 0 amide bonds. The number of aromatic amines is 1. The highest BCUT2D eigenvalue weighted by atomic mass is 32.2. The molecular formula is C9H8N2O3S2. The standard InChI is InChI=1S/C9H8N2O3S2/c12-9-2-1-8(5-10-9)16(13,14)11-7-3-4-15-6-7/h1-6,11H,(H,10,12). The van der Waals surface area contributed by atoms with E-state index >= 15 is 0 Å². The van der Waals surface area contributed by atoms with Gasteiger partial charge in [0, 0.05) is 17.6 Å². The number of hydrogen-bond acceptors (Lipinski definition) is 4. The normalized spacial score (nSPS) is 11.2. The first-order valence-corrected chi connectivity index (χ1v) is 6.74. The molecule has 0 fully saturated rings. The van der Waals surface area contributed by atoms with Gasteiger partial charge in [-0.25, -0.2) is 8.42 Å². The first-order valence-electron chi connectivity index (χ1n) is 4.32. The van der Waals surface area contributed by atoms with E-state index in [0.717, 1.165) is 6.20 Å². The van der Waals surface area contributed by atoms with Gasteiger partial charge in [-0.15, -0.1) is 0 Å². The zero-order valence-corrected chi connectivity index (χ0v) is 9.64. The molecule has 0 unspecified atom stereocenters. The molecule has 0 aliphatic rings. The van der Waals surface area contributed by atoms with E-state index in [-0.39, 0.29) is 10.5 Å². The second-order valence-corrected chi connectivity index (χ2v) is 5.47. The van der Waals surface area contributed by atoms with E-state index in [1.54, 1.807) is 16.8 Å². The molecular weight excluding hydrogens is 248 g/mol. The number of sulfonamides is 1. The molecule has 0 radical (unpaired) electrons. The highest BCUT2D eigenvalue weighted by Gasteiger charge is 2.13. The van der Waals surface area contributed by atoms with Gasteiger partial charge in [-0.05, 0) is 17.5 Å². The molecule has 84 valence electrons. The Bertz CT molecular complexity index is 609. The number of rotatable bonds is 3. The second-order valence-electron chi connectivity index (χ2n) is 3.01. The molecule has 0 atom stereocenters. The molecule has 2 aromatic rings. The van der Waals surface area contributed by atoms with Crippen molar-refractivity contribution < 1.29 is 8.42 Å². The van der Waals surface area contributed by atoms with Gasteiger partial charge in [-0.1, -0.05) is 0 Å². The third kappa shape index (κ3) is 2.31. The molecule has 2 aromatic heterocycles. The fourth-order valence-electron chi connectivity index (χ4n) is 1.10. The second kappa shape index (κ2) is 4.11. The Balaban J connectivity index is 2.32. The minimum atomic E-state index is -3.61. The van der Waals surface area contributed by atoms with Gasteiger partial charge in [-0.2, -0.15) is 11.3 Å². The molecule has 2 rings (SSSR count). The average molecular weight is 256 g/mol. The van der Waals surface area contributed by atoms with Crippen molar-refractivity contribution >= 4 is 27.0 Å². The lowest BCUT2D eigenvalue weighted by molar-refractivity contribution is 0.601. The Hall–Kier alpha value is -1.60. The van der Waals surface area contributed by atoms with Crippen molar-refractivity contribution in [3.05, 3.63) is 45.5 Å². The summed E-state index contributed by atoms with van der Waals surface area (Å²) in [7, 11) is -3.61. The molecule has 0 aliphatic carbocycles. The van der Waals surface area contributed by atoms with Gasteiger partial charge in [0.15, 0.2) is 0 Å². The Morgan fingerprint density at radius 2 is 2.06 bits per heavy atom. The van der Waals surface area contributed by atoms with Crippen molar-refractivity contribution in [1.82, 2.24) is 4.98 Å². The molecule has 0 aliphatic heterocycles. The highest BCUT2D eigenvalue weighted by Crippen LogP contribution is 2.16. The van der Waals surface area contributed by atoms with E-state index in [2.05, 4.69) is 9.71 Å². The highest BCUT2D eigenvalue weighted by molar-refractivity contribution is 7.92. The molecule has 16 heavy (non-hydrogen) atoms. The molecule has 0 spiro atoms. The maximum absolute atomic E-state index is 11.8. The summed E-state index contributed by atoms with van der Waals surface area (Å²) in [6.07, 6.45) is 1.16. The van der Waals surface area contributed by atoms with Crippen LogP contribution in [0.25, 0.3) is 0 Å². The molecule has 0 bridgehead atoms. The van der Waals surface area contributed by atoms with Gasteiger partial charge in [0.1, 0.15) is 4.90 Å². The van der Waals surface area contributed by atoms with Crippen LogP contribution in [0.5, 0.6) is 0 Å². The molecule has 2 N–H and O–H groups in total. The first-order chi connectivity index (χ1) is 7.58. The average Bonchev–Trinajstić information content (AvgIpc) is 2.70. The van der Waals surface area contributed by atoms with Crippen LogP contribution in [0.2, 0.25) is 0 Å². The molecule has 7 heteroatoms. The van der Waals surface area contributed by atoms with Gasteiger partial charge in [0.2, 0.25) is 5.56 Å². The zero-order valence-electron chi connectivity index (χ0n) is 8.01. The van der Waals surface area contributed by atoms with E-state index in [1.807, 2.05) is 0 Å². The van der Waals surface area contributed by atoms with Gasteiger partial charge in [0.05, 0.1) is 5.69 Å². The Kier molecular flexibility index (Phi) is 2.80. The number of hydrogen-bond donors (Lipinski definition) is 2. The molecule has 0 saturated heterocycles. The molecule has 0 saturated carbocycles. The summed E-state index contributed by atoms with van der Waals surface area (Å²) in [4.78, 5) is 13.1. The van der Waals surface area contributed by atoms with Gasteiger partial charge in [-0.3, -0.25) is 9.52 Å². The van der Waals surface area contributed by atoms with E-state index in [1.165, 1.54) is 23.5 Å². The summed E-state index contributed by atoms with van der Waals surface area (Å²) in [5.74, 6) is 0. The Morgan fingerprint density at radius 1 is 1.25 bits per heavy atom. The topological polar surface area (TPSA) is 79.0 Å². The van der Waals surface area contributed by atoms with Gasteiger partial charge < -0.3 is 4.98 Å². The van der Waals surface area contributed by atoms with Crippen LogP contribution in [-0.4, -0.2) is 13.4 Å². The van der Waals surface area contributed by atoms with Crippen molar-refractivity contribution in [2.24, 2.45) is 0 Å². The Labute approximate surface area is 95.8 Å². The zero-order chi connectivity index (χ0) is 11.6. The molecule has 2 heterocycles. The summed E-state index contributed by atoms with van der Waals surface area (Å²) in [6.45, 7) is 0. The van der Waals surface area contributed by atoms with Crippen molar-refractivity contribution in [2.75, 3.05) is 4.72 Å². The Morgan fingerprint density at radius 3 is 2.62 bits per heavy atom. The summed E-state index contributed by atoms with van der Waals surface area (Å²) in [5.41, 5.74) is 0.172. The lowest BCUT2D eigenvalue weighted by Crippen LogP contribution is -2.14. The lowest BCUT2D eigenvalue weighted by atomic mass is 10.5. The molecule has 5 nitrogen and oxygen atoms in total. The van der Waals surface area contributed by atoms with Crippen molar-refractivity contribution in [1.29, 1.82) is 0 Å². The van der Waals surface area contributed by atoms with Crippen LogP contribution in [0.1, 0.15) is 0 Å². The first kappa shape index (κ1) is 10.9. The monoisotopic (exact) mass is 256 g/mol. The third-order valence-electron chi connectivity index (χ3n) is 1.84. The number of nitrogens with one attached hydrogen (secondary N) is 2. The predicted molar refractivity (Wildman–Crippen MR) is 62.2 cm³/mol. The largest absolute Gasteiger partial charge is 0.328 e. The van der Waals surface area contributed by atoms with Gasteiger partial charge >= 0.3 is 0 Å². The fourth-order valence-corrected chi connectivity index (χ4v) is 2.78. The summed E-state index contributed by atoms with van der Waals surface area (Å²) in [5, 5.41) is 3.45. The smallest absolute Gasteiger partial charge is 0.263 e. The van der Waals surface area contributed by atoms with Crippen LogP contribution in [0.3, 0.4) is 0 Å². The third-order valence-corrected chi connectivity index (χ3v) is 3.90. The number of anilines is 1. The number of pyridine rings is 1. The van der Waals surface area contributed by atoms with E-state index in [9.17, 15) is 13.2 Å². The minimum absolute atomic E-state index is 0.0262. The van der Waals surface area contributed by atoms with Crippen LogP contribution >= 0.6 is 11.3 Å². The van der Waals surface area contributed by atoms with E-state index in [0.29, 0.717) is 5.69 Å². The van der Waals surface area contributed by atoms with Crippen LogP contribution in [0, 0.1) is 0 Å². The van der Waals surface area contributed by atoms with Crippen molar-refractivity contribution in [3.63, 3.8) is 0 Å². The molecule has 0 aromatic carbocycles. The van der Waals surface area contributed by atoms with Crippen LogP contribution in [0.15, 0.2) is 44.8 Å². The quantitative estimate of drug-likeness (QED) is 0.867. The summed E-state index contributed by atoms with van der Waals surface area (Å²) >= 11 is 1.39. The number of aromatic nitrogens is 1. The van der Waals surface area contributed by atoms with Crippen molar-refractivity contribution in [2.45, 2.75) is 4.90 Å². The van der Waals surface area contributed by atoms with E-state index < -0.39 is 10.0 Å².